The molecule has 1 aliphatic heterocycles. The Labute approximate surface area is 120 Å². The van der Waals surface area contributed by atoms with E-state index in [1.165, 1.54) is 0 Å². The Balaban J connectivity index is 1.90. The van der Waals surface area contributed by atoms with E-state index in [4.69, 9.17) is 5.73 Å². The van der Waals surface area contributed by atoms with Gasteiger partial charge in [0.25, 0.3) is 0 Å². The average molecular weight is 276 g/mol. The van der Waals surface area contributed by atoms with Gasteiger partial charge in [-0.25, -0.2) is 0 Å². The molecule has 0 spiro atoms. The number of nitrogen functional groups attached to an aromatic ring is 1. The lowest BCUT2D eigenvalue weighted by Crippen LogP contribution is -2.39. The van der Waals surface area contributed by atoms with Crippen LogP contribution in [0.1, 0.15) is 6.42 Å². The van der Waals surface area contributed by atoms with Crippen LogP contribution >= 0.6 is 0 Å². The third kappa shape index (κ3) is 3.49. The largest absolute Gasteiger partial charge is 0.399 e. The maximum absolute atomic E-state index is 12.3. The van der Waals surface area contributed by atoms with Gasteiger partial charge in [-0.2, -0.15) is 0 Å². The van der Waals surface area contributed by atoms with Crippen molar-refractivity contribution in [2.75, 3.05) is 51.4 Å². The SMILES string of the molecule is CN(C(=O)CN1CCC(N(C)C)C1)c1ccc(N)cc1. The van der Waals surface area contributed by atoms with Crippen LogP contribution in [-0.2, 0) is 4.79 Å². The average Bonchev–Trinajstić information content (AvgIpc) is 2.87. The number of rotatable bonds is 4. The Bertz CT molecular complexity index is 457. The molecule has 5 heteroatoms. The minimum absolute atomic E-state index is 0.120. The Kier molecular flexibility index (Phi) is 4.62. The fraction of sp³-hybridized carbons (Fsp3) is 0.533. The number of carbonyl (C=O) groups is 1. The molecule has 20 heavy (non-hydrogen) atoms. The third-order valence-corrected chi connectivity index (χ3v) is 3.99. The van der Waals surface area contributed by atoms with E-state index in [2.05, 4.69) is 23.9 Å². The van der Waals surface area contributed by atoms with Crippen LogP contribution in [0, 0.1) is 0 Å². The first kappa shape index (κ1) is 14.8. The Morgan fingerprint density at radius 1 is 1.30 bits per heavy atom. The van der Waals surface area contributed by atoms with E-state index in [-0.39, 0.29) is 5.91 Å². The van der Waals surface area contributed by atoms with Crippen LogP contribution in [0.3, 0.4) is 0 Å². The molecule has 1 amide bonds. The molecule has 2 rings (SSSR count). The van der Waals surface area contributed by atoms with Crippen molar-refractivity contribution in [3.63, 3.8) is 0 Å². The first-order valence-corrected chi connectivity index (χ1v) is 6.98. The fourth-order valence-electron chi connectivity index (χ4n) is 2.52. The van der Waals surface area contributed by atoms with E-state index < -0.39 is 0 Å². The number of benzene rings is 1. The summed E-state index contributed by atoms with van der Waals surface area (Å²) in [5.74, 6) is 0.120. The van der Waals surface area contributed by atoms with Gasteiger partial charge in [0.05, 0.1) is 6.54 Å². The highest BCUT2D eigenvalue weighted by Crippen LogP contribution is 2.17. The summed E-state index contributed by atoms with van der Waals surface area (Å²) in [6.45, 7) is 2.43. The van der Waals surface area contributed by atoms with Crippen LogP contribution in [-0.4, -0.2) is 62.5 Å². The van der Waals surface area contributed by atoms with Gasteiger partial charge in [-0.1, -0.05) is 0 Å². The maximum Gasteiger partial charge on any atom is 0.240 e. The normalized spacial score (nSPS) is 19.5. The van der Waals surface area contributed by atoms with Crippen molar-refractivity contribution in [3.8, 4) is 0 Å². The highest BCUT2D eigenvalue weighted by atomic mass is 16.2. The summed E-state index contributed by atoms with van der Waals surface area (Å²) in [6, 6.07) is 7.94. The topological polar surface area (TPSA) is 52.8 Å². The molecule has 0 aromatic heterocycles. The second kappa shape index (κ2) is 6.24. The van der Waals surface area contributed by atoms with E-state index in [1.54, 1.807) is 4.90 Å². The predicted molar refractivity (Wildman–Crippen MR) is 82.8 cm³/mol. The Hall–Kier alpha value is -1.59. The molecule has 2 N–H and O–H groups in total. The lowest BCUT2D eigenvalue weighted by Gasteiger charge is -2.23. The third-order valence-electron chi connectivity index (χ3n) is 3.99. The smallest absolute Gasteiger partial charge is 0.240 e. The molecule has 1 heterocycles. The zero-order valence-electron chi connectivity index (χ0n) is 12.5. The molecule has 0 radical (unpaired) electrons. The highest BCUT2D eigenvalue weighted by Gasteiger charge is 2.26. The van der Waals surface area contributed by atoms with Crippen LogP contribution in [0.15, 0.2) is 24.3 Å². The minimum Gasteiger partial charge on any atom is -0.399 e. The van der Waals surface area contributed by atoms with Gasteiger partial charge in [0, 0.05) is 37.6 Å². The van der Waals surface area contributed by atoms with Gasteiger partial charge in [0.1, 0.15) is 0 Å². The van der Waals surface area contributed by atoms with Crippen LogP contribution in [0.5, 0.6) is 0 Å². The molecular weight excluding hydrogens is 252 g/mol. The first-order chi connectivity index (χ1) is 9.47. The molecule has 1 unspecified atom stereocenters. The lowest BCUT2D eigenvalue weighted by molar-refractivity contribution is -0.119. The zero-order chi connectivity index (χ0) is 14.7. The van der Waals surface area contributed by atoms with Crippen molar-refractivity contribution < 1.29 is 4.79 Å². The Morgan fingerprint density at radius 3 is 2.50 bits per heavy atom. The lowest BCUT2D eigenvalue weighted by atomic mass is 10.2. The molecule has 5 nitrogen and oxygen atoms in total. The van der Waals surface area contributed by atoms with Crippen LogP contribution < -0.4 is 10.6 Å². The van der Waals surface area contributed by atoms with Gasteiger partial charge >= 0.3 is 0 Å². The standard InChI is InChI=1S/C15H24N4O/c1-17(2)14-8-9-19(10-14)11-15(20)18(3)13-6-4-12(16)5-7-13/h4-7,14H,8-11,16H2,1-3H3. The summed E-state index contributed by atoms with van der Waals surface area (Å²) in [5, 5.41) is 0. The van der Waals surface area contributed by atoms with Crippen LogP contribution in [0.4, 0.5) is 11.4 Å². The van der Waals surface area contributed by atoms with E-state index in [0.29, 0.717) is 18.3 Å². The van der Waals surface area contributed by atoms with E-state index >= 15 is 0 Å². The number of amides is 1. The monoisotopic (exact) mass is 276 g/mol. The summed E-state index contributed by atoms with van der Waals surface area (Å²) < 4.78 is 0. The van der Waals surface area contributed by atoms with Crippen LogP contribution in [0.25, 0.3) is 0 Å². The molecule has 1 saturated heterocycles. The van der Waals surface area contributed by atoms with E-state index in [0.717, 1.165) is 25.2 Å². The maximum atomic E-state index is 12.3. The summed E-state index contributed by atoms with van der Waals surface area (Å²) >= 11 is 0. The molecular formula is C15H24N4O. The van der Waals surface area contributed by atoms with Gasteiger partial charge in [-0.15, -0.1) is 0 Å². The fourth-order valence-corrected chi connectivity index (χ4v) is 2.52. The highest BCUT2D eigenvalue weighted by molar-refractivity contribution is 5.94. The van der Waals surface area contributed by atoms with Crippen molar-refractivity contribution >= 4 is 17.3 Å². The van der Waals surface area contributed by atoms with Gasteiger partial charge in [0.15, 0.2) is 0 Å². The number of likely N-dealkylation sites (N-methyl/N-ethyl adjacent to an activating group) is 2. The molecule has 1 aliphatic rings. The number of carbonyl (C=O) groups excluding carboxylic acids is 1. The summed E-state index contributed by atoms with van der Waals surface area (Å²) in [4.78, 5) is 18.5. The van der Waals surface area contributed by atoms with Gasteiger partial charge < -0.3 is 15.5 Å². The van der Waals surface area contributed by atoms with Crippen molar-refractivity contribution in [1.29, 1.82) is 0 Å². The minimum atomic E-state index is 0.120. The number of nitrogens with two attached hydrogens (primary N) is 1. The summed E-state index contributed by atoms with van der Waals surface area (Å²) in [5.41, 5.74) is 7.26. The van der Waals surface area contributed by atoms with Crippen molar-refractivity contribution in [2.45, 2.75) is 12.5 Å². The molecule has 0 aliphatic carbocycles. The molecule has 0 saturated carbocycles. The molecule has 1 fully saturated rings. The molecule has 110 valence electrons. The molecule has 1 aromatic carbocycles. The van der Waals surface area contributed by atoms with E-state index in [9.17, 15) is 4.79 Å². The van der Waals surface area contributed by atoms with Gasteiger partial charge in [0.2, 0.25) is 5.91 Å². The summed E-state index contributed by atoms with van der Waals surface area (Å²) in [7, 11) is 6.00. The van der Waals surface area contributed by atoms with Crippen LogP contribution in [0.2, 0.25) is 0 Å². The number of hydrogen-bond acceptors (Lipinski definition) is 4. The van der Waals surface area contributed by atoms with E-state index in [1.807, 2.05) is 31.3 Å². The van der Waals surface area contributed by atoms with Crippen molar-refractivity contribution in [3.05, 3.63) is 24.3 Å². The molecule has 0 bridgehead atoms. The second-order valence-corrected chi connectivity index (χ2v) is 5.69. The number of hydrogen-bond donors (Lipinski definition) is 1. The second-order valence-electron chi connectivity index (χ2n) is 5.69. The Morgan fingerprint density at radius 2 is 1.95 bits per heavy atom. The van der Waals surface area contributed by atoms with Gasteiger partial charge in [-0.05, 0) is 44.8 Å². The van der Waals surface area contributed by atoms with Gasteiger partial charge in [-0.3, -0.25) is 9.69 Å². The zero-order valence-corrected chi connectivity index (χ0v) is 12.5. The quantitative estimate of drug-likeness (QED) is 0.829. The van der Waals surface area contributed by atoms with Crippen molar-refractivity contribution in [2.24, 2.45) is 0 Å². The number of anilines is 2. The number of likely N-dealkylation sites (tertiary alicyclic amines) is 1. The first-order valence-electron chi connectivity index (χ1n) is 6.98. The predicted octanol–water partition coefficient (Wildman–Crippen LogP) is 0.868. The number of nitrogens with zero attached hydrogens (tertiary/aromatic N) is 3. The molecule has 1 atom stereocenters. The molecule has 1 aromatic rings. The van der Waals surface area contributed by atoms with Crippen molar-refractivity contribution in [1.82, 2.24) is 9.80 Å². The summed E-state index contributed by atoms with van der Waals surface area (Å²) in [6.07, 6.45) is 1.13.